The third-order valence-corrected chi connectivity index (χ3v) is 3.26. The lowest BCUT2D eigenvalue weighted by Gasteiger charge is -2.10. The van der Waals surface area contributed by atoms with E-state index in [0.29, 0.717) is 10.6 Å². The second kappa shape index (κ2) is 7.04. The molecule has 0 radical (unpaired) electrons. The number of aliphatic hydroxyl groups is 1. The fourth-order valence-corrected chi connectivity index (χ4v) is 2.13. The zero-order chi connectivity index (χ0) is 14.4. The first kappa shape index (κ1) is 14.5. The number of ketones is 1. The molecule has 1 atom stereocenters. The molecular formula is C17H15ClO2. The Morgan fingerprint density at radius 1 is 1.10 bits per heavy atom. The van der Waals surface area contributed by atoms with Crippen LogP contribution in [0.4, 0.5) is 0 Å². The standard InChI is InChI=1S/C17H15ClO2/c18-16-9-5-4-8-15(16)17(20)12-14(19)11-10-13-6-2-1-3-7-13/h1-11,17,20H,12H2/b11-10+/t17-/m1/s1. The van der Waals surface area contributed by atoms with Gasteiger partial charge in [0.15, 0.2) is 5.78 Å². The Kier molecular flexibility index (Phi) is 5.10. The second-order valence-electron chi connectivity index (χ2n) is 4.45. The molecule has 0 spiro atoms. The lowest BCUT2D eigenvalue weighted by molar-refractivity contribution is -0.116. The minimum atomic E-state index is -0.878. The summed E-state index contributed by atoms with van der Waals surface area (Å²) >= 11 is 5.99. The van der Waals surface area contributed by atoms with Crippen molar-refractivity contribution >= 4 is 23.5 Å². The van der Waals surface area contributed by atoms with E-state index in [1.165, 1.54) is 6.08 Å². The van der Waals surface area contributed by atoms with Crippen LogP contribution in [-0.2, 0) is 4.79 Å². The van der Waals surface area contributed by atoms with E-state index < -0.39 is 6.10 Å². The highest BCUT2D eigenvalue weighted by Crippen LogP contribution is 2.25. The van der Waals surface area contributed by atoms with Crippen LogP contribution in [0.3, 0.4) is 0 Å². The third-order valence-electron chi connectivity index (χ3n) is 2.92. The lowest BCUT2D eigenvalue weighted by Crippen LogP contribution is -2.04. The van der Waals surface area contributed by atoms with Crippen molar-refractivity contribution in [3.05, 3.63) is 76.8 Å². The molecule has 102 valence electrons. The number of carbonyl (C=O) groups is 1. The minimum absolute atomic E-state index is 0.0209. The molecule has 2 aromatic carbocycles. The summed E-state index contributed by atoms with van der Waals surface area (Å²) in [6.45, 7) is 0. The molecule has 0 amide bonds. The Labute approximate surface area is 123 Å². The molecule has 1 N–H and O–H groups in total. The molecule has 0 saturated carbocycles. The molecule has 20 heavy (non-hydrogen) atoms. The van der Waals surface area contributed by atoms with Gasteiger partial charge in [0, 0.05) is 11.4 Å². The maximum Gasteiger partial charge on any atom is 0.158 e. The fraction of sp³-hybridized carbons (Fsp3) is 0.118. The van der Waals surface area contributed by atoms with E-state index in [4.69, 9.17) is 11.6 Å². The van der Waals surface area contributed by atoms with Gasteiger partial charge in [-0.3, -0.25) is 4.79 Å². The van der Waals surface area contributed by atoms with E-state index in [-0.39, 0.29) is 12.2 Å². The second-order valence-corrected chi connectivity index (χ2v) is 4.86. The zero-order valence-corrected chi connectivity index (χ0v) is 11.6. The van der Waals surface area contributed by atoms with Crippen molar-refractivity contribution in [2.24, 2.45) is 0 Å². The highest BCUT2D eigenvalue weighted by atomic mass is 35.5. The summed E-state index contributed by atoms with van der Waals surface area (Å²) in [4.78, 5) is 11.8. The van der Waals surface area contributed by atoms with Crippen molar-refractivity contribution in [1.82, 2.24) is 0 Å². The monoisotopic (exact) mass is 286 g/mol. The van der Waals surface area contributed by atoms with Crippen LogP contribution in [-0.4, -0.2) is 10.9 Å². The normalized spacial score (nSPS) is 12.5. The van der Waals surface area contributed by atoms with Gasteiger partial charge < -0.3 is 5.11 Å². The van der Waals surface area contributed by atoms with Crippen molar-refractivity contribution in [3.8, 4) is 0 Å². The molecular weight excluding hydrogens is 272 g/mol. The first-order valence-electron chi connectivity index (χ1n) is 6.35. The van der Waals surface area contributed by atoms with Gasteiger partial charge in [-0.2, -0.15) is 0 Å². The molecule has 0 aliphatic rings. The van der Waals surface area contributed by atoms with Crippen LogP contribution < -0.4 is 0 Å². The molecule has 2 nitrogen and oxygen atoms in total. The zero-order valence-electron chi connectivity index (χ0n) is 10.9. The number of allylic oxidation sites excluding steroid dienone is 1. The van der Waals surface area contributed by atoms with E-state index in [0.717, 1.165) is 5.56 Å². The summed E-state index contributed by atoms with van der Waals surface area (Å²) in [5.41, 5.74) is 1.53. The van der Waals surface area contributed by atoms with Gasteiger partial charge in [-0.05, 0) is 23.3 Å². The van der Waals surface area contributed by atoms with E-state index in [1.807, 2.05) is 30.3 Å². The van der Waals surface area contributed by atoms with E-state index in [2.05, 4.69) is 0 Å². The average Bonchev–Trinajstić information content (AvgIpc) is 2.46. The molecule has 2 aromatic rings. The molecule has 0 aliphatic carbocycles. The molecule has 0 aliphatic heterocycles. The highest BCUT2D eigenvalue weighted by molar-refractivity contribution is 6.31. The van der Waals surface area contributed by atoms with Crippen molar-refractivity contribution in [1.29, 1.82) is 0 Å². The van der Waals surface area contributed by atoms with Gasteiger partial charge in [0.2, 0.25) is 0 Å². The first-order chi connectivity index (χ1) is 9.66. The summed E-state index contributed by atoms with van der Waals surface area (Å²) < 4.78 is 0. The Bertz CT molecular complexity index is 605. The summed E-state index contributed by atoms with van der Waals surface area (Å²) in [6.07, 6.45) is 2.36. The van der Waals surface area contributed by atoms with Gasteiger partial charge in [0.05, 0.1) is 6.10 Å². The van der Waals surface area contributed by atoms with Crippen LogP contribution in [0.2, 0.25) is 5.02 Å². The van der Waals surface area contributed by atoms with Crippen molar-refractivity contribution in [2.75, 3.05) is 0 Å². The van der Waals surface area contributed by atoms with Crippen LogP contribution >= 0.6 is 11.6 Å². The molecule has 0 aromatic heterocycles. The van der Waals surface area contributed by atoms with Gasteiger partial charge in [-0.1, -0.05) is 66.2 Å². The van der Waals surface area contributed by atoms with Gasteiger partial charge in [0.1, 0.15) is 0 Å². The number of aliphatic hydroxyl groups excluding tert-OH is 1. The molecule has 0 heterocycles. The topological polar surface area (TPSA) is 37.3 Å². The Balaban J connectivity index is 1.98. The van der Waals surface area contributed by atoms with Crippen LogP contribution in [0.25, 0.3) is 6.08 Å². The van der Waals surface area contributed by atoms with Gasteiger partial charge in [-0.25, -0.2) is 0 Å². The molecule has 0 unspecified atom stereocenters. The largest absolute Gasteiger partial charge is 0.388 e. The summed E-state index contributed by atoms with van der Waals surface area (Å²) in [6, 6.07) is 16.5. The Morgan fingerprint density at radius 2 is 1.75 bits per heavy atom. The summed E-state index contributed by atoms with van der Waals surface area (Å²) in [5, 5.41) is 10.5. The molecule has 2 rings (SSSR count). The molecule has 0 saturated heterocycles. The molecule has 0 fully saturated rings. The number of hydrogen-bond acceptors (Lipinski definition) is 2. The van der Waals surface area contributed by atoms with Gasteiger partial charge in [-0.15, -0.1) is 0 Å². The predicted molar refractivity (Wildman–Crippen MR) is 81.5 cm³/mol. The molecule has 0 bridgehead atoms. The Hall–Kier alpha value is -1.90. The maximum atomic E-state index is 11.8. The van der Waals surface area contributed by atoms with Crippen molar-refractivity contribution in [2.45, 2.75) is 12.5 Å². The van der Waals surface area contributed by atoms with Crippen molar-refractivity contribution < 1.29 is 9.90 Å². The van der Waals surface area contributed by atoms with Crippen molar-refractivity contribution in [3.63, 3.8) is 0 Å². The number of rotatable bonds is 5. The summed E-state index contributed by atoms with van der Waals surface area (Å²) in [5.74, 6) is -0.138. The SMILES string of the molecule is O=C(/C=C/c1ccccc1)C[C@@H](O)c1ccccc1Cl. The third kappa shape index (κ3) is 4.05. The quantitative estimate of drug-likeness (QED) is 0.842. The van der Waals surface area contributed by atoms with Crippen LogP contribution in [0.1, 0.15) is 23.7 Å². The summed E-state index contributed by atoms with van der Waals surface area (Å²) in [7, 11) is 0. The smallest absolute Gasteiger partial charge is 0.158 e. The highest BCUT2D eigenvalue weighted by Gasteiger charge is 2.13. The van der Waals surface area contributed by atoms with Gasteiger partial charge >= 0.3 is 0 Å². The fourth-order valence-electron chi connectivity index (χ4n) is 1.87. The number of benzene rings is 2. The van der Waals surface area contributed by atoms with E-state index >= 15 is 0 Å². The maximum absolute atomic E-state index is 11.8. The van der Waals surface area contributed by atoms with Crippen LogP contribution in [0.5, 0.6) is 0 Å². The number of halogens is 1. The lowest BCUT2D eigenvalue weighted by atomic mass is 10.0. The molecule has 3 heteroatoms. The van der Waals surface area contributed by atoms with Crippen LogP contribution in [0.15, 0.2) is 60.7 Å². The van der Waals surface area contributed by atoms with E-state index in [9.17, 15) is 9.90 Å². The van der Waals surface area contributed by atoms with Crippen LogP contribution in [0, 0.1) is 0 Å². The Morgan fingerprint density at radius 3 is 2.45 bits per heavy atom. The number of carbonyl (C=O) groups excluding carboxylic acids is 1. The number of hydrogen-bond donors (Lipinski definition) is 1. The predicted octanol–water partition coefficient (Wildman–Crippen LogP) is 4.05. The minimum Gasteiger partial charge on any atom is -0.388 e. The first-order valence-corrected chi connectivity index (χ1v) is 6.73. The van der Waals surface area contributed by atoms with Gasteiger partial charge in [0.25, 0.3) is 0 Å². The van der Waals surface area contributed by atoms with E-state index in [1.54, 1.807) is 30.3 Å². The average molecular weight is 287 g/mol.